The van der Waals surface area contributed by atoms with Gasteiger partial charge in [-0.15, -0.1) is 0 Å². The van der Waals surface area contributed by atoms with Gasteiger partial charge in [0, 0.05) is 25.3 Å². The quantitative estimate of drug-likeness (QED) is 0.401. The van der Waals surface area contributed by atoms with Gasteiger partial charge in [0.15, 0.2) is 0 Å². The molecule has 1 aromatic rings. The summed E-state index contributed by atoms with van der Waals surface area (Å²) in [6.45, 7) is 8.39. The van der Waals surface area contributed by atoms with Crippen LogP contribution in [-0.4, -0.2) is 30.7 Å². The highest BCUT2D eigenvalue weighted by molar-refractivity contribution is 5.47. The van der Waals surface area contributed by atoms with Crippen molar-refractivity contribution >= 4 is 5.69 Å². The number of nitrogens with zero attached hydrogens (tertiary/aromatic N) is 2. The first-order valence-corrected chi connectivity index (χ1v) is 10.9. The van der Waals surface area contributed by atoms with E-state index in [1.807, 2.05) is 0 Å². The first-order valence-electron chi connectivity index (χ1n) is 10.9. The monoisotopic (exact) mass is 344 g/mol. The van der Waals surface area contributed by atoms with Gasteiger partial charge >= 0.3 is 0 Å². The van der Waals surface area contributed by atoms with E-state index in [1.54, 1.807) is 0 Å². The van der Waals surface area contributed by atoms with E-state index >= 15 is 0 Å². The number of unbranched alkanes of at least 4 members (excludes halogenated alkanes) is 6. The number of rotatable bonds is 12. The fraction of sp³-hybridized carbons (Fsp3) is 0.739. The van der Waals surface area contributed by atoms with Gasteiger partial charge in [0.25, 0.3) is 0 Å². The number of piperidine rings is 1. The van der Waals surface area contributed by atoms with Gasteiger partial charge in [0.2, 0.25) is 0 Å². The van der Waals surface area contributed by atoms with Gasteiger partial charge in [-0.2, -0.15) is 0 Å². The first kappa shape index (κ1) is 20.3. The van der Waals surface area contributed by atoms with Crippen molar-refractivity contribution in [2.75, 3.05) is 24.5 Å². The zero-order valence-corrected chi connectivity index (χ0v) is 16.8. The van der Waals surface area contributed by atoms with Crippen LogP contribution < -0.4 is 4.90 Å². The molecule has 1 fully saturated rings. The Morgan fingerprint density at radius 1 is 0.840 bits per heavy atom. The molecule has 0 aliphatic carbocycles. The number of anilines is 1. The summed E-state index contributed by atoms with van der Waals surface area (Å²) in [6, 6.07) is 11.1. The normalized spacial score (nSPS) is 18.0. The van der Waals surface area contributed by atoms with Crippen molar-refractivity contribution in [2.24, 2.45) is 0 Å². The van der Waals surface area contributed by atoms with Gasteiger partial charge in [-0.1, -0.05) is 70.6 Å². The Morgan fingerprint density at radius 3 is 2.08 bits per heavy atom. The Kier molecular flexibility index (Phi) is 10.0. The molecule has 1 atom stereocenters. The molecule has 1 unspecified atom stereocenters. The molecule has 0 saturated carbocycles. The SMILES string of the molecule is CCCCCCN(CCCCCC)C1CCCCN1c1ccccc1. The highest BCUT2D eigenvalue weighted by atomic mass is 15.4. The number of hydrogen-bond donors (Lipinski definition) is 0. The van der Waals surface area contributed by atoms with Crippen LogP contribution >= 0.6 is 0 Å². The highest BCUT2D eigenvalue weighted by Crippen LogP contribution is 2.27. The Labute approximate surface area is 156 Å². The average molecular weight is 345 g/mol. The van der Waals surface area contributed by atoms with Crippen molar-refractivity contribution in [3.05, 3.63) is 30.3 Å². The van der Waals surface area contributed by atoms with Crippen LogP contribution in [0.4, 0.5) is 5.69 Å². The van der Waals surface area contributed by atoms with Crippen molar-refractivity contribution in [3.63, 3.8) is 0 Å². The molecular weight excluding hydrogens is 304 g/mol. The molecule has 1 aromatic carbocycles. The average Bonchev–Trinajstić information content (AvgIpc) is 2.67. The molecule has 25 heavy (non-hydrogen) atoms. The summed E-state index contributed by atoms with van der Waals surface area (Å²) in [6.07, 6.45) is 15.6. The third-order valence-electron chi connectivity index (χ3n) is 5.58. The lowest BCUT2D eigenvalue weighted by molar-refractivity contribution is 0.157. The van der Waals surface area contributed by atoms with Crippen LogP contribution in [0.2, 0.25) is 0 Å². The van der Waals surface area contributed by atoms with E-state index in [0.29, 0.717) is 6.17 Å². The predicted molar refractivity (Wildman–Crippen MR) is 111 cm³/mol. The molecule has 0 radical (unpaired) electrons. The van der Waals surface area contributed by atoms with E-state index in [-0.39, 0.29) is 0 Å². The Morgan fingerprint density at radius 2 is 1.48 bits per heavy atom. The minimum Gasteiger partial charge on any atom is -0.356 e. The first-order chi connectivity index (χ1) is 12.4. The maximum Gasteiger partial charge on any atom is 0.0820 e. The van der Waals surface area contributed by atoms with E-state index in [0.717, 1.165) is 0 Å². The molecule has 0 aromatic heterocycles. The lowest BCUT2D eigenvalue weighted by Crippen LogP contribution is -2.51. The van der Waals surface area contributed by atoms with Crippen LogP contribution in [0, 0.1) is 0 Å². The molecule has 0 spiro atoms. The lowest BCUT2D eigenvalue weighted by Gasteiger charge is -2.44. The van der Waals surface area contributed by atoms with Crippen LogP contribution in [0.25, 0.3) is 0 Å². The standard InChI is InChI=1S/C23H40N2/c1-3-5-7-13-19-24(20-14-8-6-4-2)23-18-12-15-21-25(23)22-16-10-9-11-17-22/h9-11,16-17,23H,3-8,12-15,18-21H2,1-2H3. The summed E-state index contributed by atoms with van der Waals surface area (Å²) in [5.74, 6) is 0. The van der Waals surface area contributed by atoms with Gasteiger partial charge in [-0.05, 0) is 44.2 Å². The summed E-state index contributed by atoms with van der Waals surface area (Å²) in [5.41, 5.74) is 1.42. The molecule has 0 bridgehead atoms. The van der Waals surface area contributed by atoms with Crippen LogP contribution in [0.15, 0.2) is 30.3 Å². The third-order valence-corrected chi connectivity index (χ3v) is 5.58. The molecule has 1 saturated heterocycles. The summed E-state index contributed by atoms with van der Waals surface area (Å²) in [4.78, 5) is 5.50. The number of hydrogen-bond acceptors (Lipinski definition) is 2. The maximum absolute atomic E-state index is 2.82. The van der Waals surface area contributed by atoms with Crippen molar-refractivity contribution in [1.29, 1.82) is 0 Å². The zero-order valence-electron chi connectivity index (χ0n) is 16.8. The number of para-hydroxylation sites is 1. The Bertz CT molecular complexity index is 419. The molecule has 2 heteroatoms. The highest BCUT2D eigenvalue weighted by Gasteiger charge is 2.27. The van der Waals surface area contributed by atoms with E-state index in [2.05, 4.69) is 54.0 Å². The molecule has 0 N–H and O–H groups in total. The maximum atomic E-state index is 2.82. The minimum atomic E-state index is 0.611. The molecule has 1 heterocycles. The number of benzene rings is 1. The molecule has 2 rings (SSSR count). The van der Waals surface area contributed by atoms with Gasteiger partial charge in [0.05, 0.1) is 6.17 Å². The molecular formula is C23H40N2. The van der Waals surface area contributed by atoms with Crippen LogP contribution in [0.5, 0.6) is 0 Å². The van der Waals surface area contributed by atoms with E-state index in [9.17, 15) is 0 Å². The van der Waals surface area contributed by atoms with E-state index in [1.165, 1.54) is 96.0 Å². The Hall–Kier alpha value is -1.02. The molecule has 142 valence electrons. The second-order valence-electron chi connectivity index (χ2n) is 7.66. The summed E-state index contributed by atoms with van der Waals surface area (Å²) in [5, 5.41) is 0. The lowest BCUT2D eigenvalue weighted by atomic mass is 10.0. The second kappa shape index (κ2) is 12.4. The summed E-state index contributed by atoms with van der Waals surface area (Å²) < 4.78 is 0. The molecule has 0 amide bonds. The van der Waals surface area contributed by atoms with Gasteiger partial charge in [-0.25, -0.2) is 0 Å². The molecule has 1 aliphatic heterocycles. The van der Waals surface area contributed by atoms with Crippen LogP contribution in [0.1, 0.15) is 84.5 Å². The van der Waals surface area contributed by atoms with Crippen LogP contribution in [-0.2, 0) is 0 Å². The van der Waals surface area contributed by atoms with Crippen molar-refractivity contribution in [2.45, 2.75) is 90.6 Å². The zero-order chi connectivity index (χ0) is 17.7. The fourth-order valence-electron chi connectivity index (χ4n) is 4.11. The largest absolute Gasteiger partial charge is 0.356 e. The van der Waals surface area contributed by atoms with E-state index < -0.39 is 0 Å². The van der Waals surface area contributed by atoms with Crippen LogP contribution in [0.3, 0.4) is 0 Å². The topological polar surface area (TPSA) is 6.48 Å². The van der Waals surface area contributed by atoms with Crippen molar-refractivity contribution in [3.8, 4) is 0 Å². The van der Waals surface area contributed by atoms with Crippen molar-refractivity contribution < 1.29 is 0 Å². The molecule has 1 aliphatic rings. The smallest absolute Gasteiger partial charge is 0.0820 e. The fourth-order valence-corrected chi connectivity index (χ4v) is 4.11. The second-order valence-corrected chi connectivity index (χ2v) is 7.66. The van der Waals surface area contributed by atoms with Gasteiger partial charge in [0.1, 0.15) is 0 Å². The van der Waals surface area contributed by atoms with Gasteiger partial charge < -0.3 is 4.90 Å². The molecule has 2 nitrogen and oxygen atoms in total. The van der Waals surface area contributed by atoms with Crippen molar-refractivity contribution in [1.82, 2.24) is 4.90 Å². The minimum absolute atomic E-state index is 0.611. The van der Waals surface area contributed by atoms with E-state index in [4.69, 9.17) is 0 Å². The summed E-state index contributed by atoms with van der Waals surface area (Å²) >= 11 is 0. The Balaban J connectivity index is 1.99. The summed E-state index contributed by atoms with van der Waals surface area (Å²) in [7, 11) is 0. The third kappa shape index (κ3) is 7.01. The predicted octanol–water partition coefficient (Wildman–Crippen LogP) is 6.47. The van der Waals surface area contributed by atoms with Gasteiger partial charge in [-0.3, -0.25) is 4.90 Å².